The maximum absolute atomic E-state index is 12.9. The predicted octanol–water partition coefficient (Wildman–Crippen LogP) is 5.66. The highest BCUT2D eigenvalue weighted by molar-refractivity contribution is 7.72. The first kappa shape index (κ1) is 16.7. The van der Waals surface area contributed by atoms with Crippen LogP contribution in [0.3, 0.4) is 0 Å². The summed E-state index contributed by atoms with van der Waals surface area (Å²) in [5, 5.41) is 1.60. The minimum atomic E-state index is -2.57. The Kier molecular flexibility index (Phi) is 8.07. The van der Waals surface area contributed by atoms with Crippen LogP contribution in [0.5, 0.6) is 0 Å². The summed E-state index contributed by atoms with van der Waals surface area (Å²) < 4.78 is 12.9. The van der Waals surface area contributed by atoms with E-state index in [9.17, 15) is 4.57 Å². The van der Waals surface area contributed by atoms with Crippen LogP contribution in [-0.4, -0.2) is 6.66 Å². The van der Waals surface area contributed by atoms with E-state index in [1.807, 2.05) is 69.4 Å². The van der Waals surface area contributed by atoms with E-state index in [0.29, 0.717) is 0 Å². The van der Waals surface area contributed by atoms with E-state index in [4.69, 9.17) is 0 Å². The Morgan fingerprint density at radius 3 is 1.83 bits per heavy atom. The van der Waals surface area contributed by atoms with Gasteiger partial charge in [0.05, 0.1) is 0 Å². The van der Waals surface area contributed by atoms with Crippen LogP contribution in [0.4, 0.5) is 0 Å². The summed E-state index contributed by atoms with van der Waals surface area (Å²) in [4.78, 5) is 0. The zero-order chi connectivity index (χ0) is 14.0. The van der Waals surface area contributed by atoms with Crippen molar-refractivity contribution in [3.63, 3.8) is 0 Å². The van der Waals surface area contributed by atoms with Crippen molar-refractivity contribution >= 4 is 7.14 Å². The van der Waals surface area contributed by atoms with Gasteiger partial charge in [-0.25, -0.2) is 0 Å². The average molecular weight is 262 g/mol. The summed E-state index contributed by atoms with van der Waals surface area (Å²) >= 11 is 0. The third-order valence-corrected chi connectivity index (χ3v) is 5.05. The molecule has 0 heterocycles. The van der Waals surface area contributed by atoms with Crippen molar-refractivity contribution in [3.8, 4) is 0 Å². The molecular formula is C16H23OP. The maximum atomic E-state index is 12.9. The Hall–Kier alpha value is -1.33. The molecule has 0 spiro atoms. The lowest BCUT2D eigenvalue weighted by molar-refractivity contribution is 0.587. The fraction of sp³-hybridized carbons (Fsp3) is 0.250. The van der Waals surface area contributed by atoms with Crippen LogP contribution in [0, 0.1) is 0 Å². The van der Waals surface area contributed by atoms with Crippen molar-refractivity contribution in [2.75, 3.05) is 6.66 Å². The molecule has 1 atom stereocenters. The van der Waals surface area contributed by atoms with Crippen LogP contribution in [0.15, 0.2) is 71.9 Å². The van der Waals surface area contributed by atoms with Crippen LogP contribution in [0.25, 0.3) is 0 Å². The molecule has 1 unspecified atom stereocenters. The van der Waals surface area contributed by atoms with Gasteiger partial charge in [-0.15, -0.1) is 0 Å². The topological polar surface area (TPSA) is 17.1 Å². The van der Waals surface area contributed by atoms with E-state index in [1.165, 1.54) is 0 Å². The molecule has 0 N–H and O–H groups in total. The Morgan fingerprint density at radius 1 is 0.944 bits per heavy atom. The minimum absolute atomic E-state index is 0.773. The number of allylic oxidation sites excluding steroid dienone is 11. The molecule has 98 valence electrons. The zero-order valence-corrected chi connectivity index (χ0v) is 12.7. The zero-order valence-electron chi connectivity index (χ0n) is 11.8. The van der Waals surface area contributed by atoms with Crippen LogP contribution >= 0.6 is 7.14 Å². The highest BCUT2D eigenvalue weighted by Crippen LogP contribution is 2.58. The van der Waals surface area contributed by atoms with E-state index < -0.39 is 7.14 Å². The molecule has 0 aromatic heterocycles. The van der Waals surface area contributed by atoms with Gasteiger partial charge in [-0.1, -0.05) is 61.3 Å². The summed E-state index contributed by atoms with van der Waals surface area (Å²) in [7, 11) is -2.57. The van der Waals surface area contributed by atoms with E-state index in [-0.39, 0.29) is 0 Å². The van der Waals surface area contributed by atoms with Crippen molar-refractivity contribution < 1.29 is 4.57 Å². The van der Waals surface area contributed by atoms with E-state index in [0.717, 1.165) is 10.6 Å². The fourth-order valence-corrected chi connectivity index (χ4v) is 3.26. The van der Waals surface area contributed by atoms with Gasteiger partial charge in [0.2, 0.25) is 0 Å². The quantitative estimate of drug-likeness (QED) is 0.446. The average Bonchev–Trinajstić information content (AvgIpc) is 2.35. The SMILES string of the molecule is C=C/C(=C\C=C/C)P(C)(=O)C(/C=C\C)=C/C=C\C. The van der Waals surface area contributed by atoms with Crippen LogP contribution in [0.2, 0.25) is 0 Å². The lowest BCUT2D eigenvalue weighted by atomic mass is 10.4. The lowest BCUT2D eigenvalue weighted by Crippen LogP contribution is -1.86. The summed E-state index contributed by atoms with van der Waals surface area (Å²) in [6, 6.07) is 0. The van der Waals surface area contributed by atoms with Crippen LogP contribution in [0.1, 0.15) is 20.8 Å². The summed E-state index contributed by atoms with van der Waals surface area (Å²) in [6.07, 6.45) is 16.9. The standard InChI is InChI=1S/C16H23OP/c1-6-10-13-15(9-4)18(5,17)16(12-8-3)14-11-7-2/h6-14H,4H2,1-3,5H3/b10-6-,11-7-,12-8-,15-13+,16-14+. The van der Waals surface area contributed by atoms with Crippen molar-refractivity contribution in [1.29, 1.82) is 0 Å². The molecule has 0 saturated carbocycles. The largest absolute Gasteiger partial charge is 0.314 e. The molecule has 0 aromatic carbocycles. The predicted molar refractivity (Wildman–Crippen MR) is 84.3 cm³/mol. The molecular weight excluding hydrogens is 239 g/mol. The van der Waals surface area contributed by atoms with Gasteiger partial charge in [0.25, 0.3) is 0 Å². The summed E-state index contributed by atoms with van der Waals surface area (Å²) in [5.74, 6) is 0. The maximum Gasteiger partial charge on any atom is 0.140 e. The Balaban J connectivity index is 5.68. The van der Waals surface area contributed by atoms with Gasteiger partial charge < -0.3 is 4.57 Å². The molecule has 0 bridgehead atoms. The summed E-state index contributed by atoms with van der Waals surface area (Å²) in [5.41, 5.74) is 0. The number of hydrogen-bond acceptors (Lipinski definition) is 1. The molecule has 2 heteroatoms. The lowest BCUT2D eigenvalue weighted by Gasteiger charge is -2.15. The smallest absolute Gasteiger partial charge is 0.140 e. The second-order valence-corrected chi connectivity index (χ2v) is 6.74. The molecule has 18 heavy (non-hydrogen) atoms. The van der Waals surface area contributed by atoms with Gasteiger partial charge in [-0.05, 0) is 27.4 Å². The first-order chi connectivity index (χ1) is 8.54. The van der Waals surface area contributed by atoms with Crippen LogP contribution in [-0.2, 0) is 4.57 Å². The van der Waals surface area contributed by atoms with E-state index in [2.05, 4.69) is 6.58 Å². The first-order valence-corrected chi connectivity index (χ1v) is 8.19. The van der Waals surface area contributed by atoms with Crippen molar-refractivity contribution in [2.45, 2.75) is 20.8 Å². The number of hydrogen-bond donors (Lipinski definition) is 0. The third-order valence-electron chi connectivity index (χ3n) is 2.45. The molecule has 0 rings (SSSR count). The Morgan fingerprint density at radius 2 is 1.44 bits per heavy atom. The van der Waals surface area contributed by atoms with Crippen LogP contribution < -0.4 is 0 Å². The van der Waals surface area contributed by atoms with Gasteiger partial charge in [-0.2, -0.15) is 0 Å². The second-order valence-electron chi connectivity index (χ2n) is 3.86. The molecule has 0 aromatic rings. The first-order valence-electron chi connectivity index (χ1n) is 6.04. The number of rotatable bonds is 6. The van der Waals surface area contributed by atoms with Gasteiger partial charge >= 0.3 is 0 Å². The molecule has 0 aliphatic rings. The molecule has 1 nitrogen and oxygen atoms in total. The van der Waals surface area contributed by atoms with Gasteiger partial charge in [0.1, 0.15) is 7.14 Å². The van der Waals surface area contributed by atoms with Gasteiger partial charge in [0, 0.05) is 10.6 Å². The minimum Gasteiger partial charge on any atom is -0.314 e. The molecule has 0 amide bonds. The van der Waals surface area contributed by atoms with Crippen molar-refractivity contribution in [1.82, 2.24) is 0 Å². The van der Waals surface area contributed by atoms with E-state index in [1.54, 1.807) is 12.7 Å². The monoisotopic (exact) mass is 262 g/mol. The van der Waals surface area contributed by atoms with Crippen molar-refractivity contribution in [2.24, 2.45) is 0 Å². The van der Waals surface area contributed by atoms with Crippen molar-refractivity contribution in [3.05, 3.63) is 71.9 Å². The Labute approximate surface area is 111 Å². The normalized spacial score (nSPS) is 17.8. The highest BCUT2D eigenvalue weighted by atomic mass is 31.2. The molecule has 0 saturated heterocycles. The Bertz CT molecular complexity index is 459. The highest BCUT2D eigenvalue weighted by Gasteiger charge is 2.21. The van der Waals surface area contributed by atoms with Gasteiger partial charge in [-0.3, -0.25) is 0 Å². The molecule has 0 aliphatic carbocycles. The fourth-order valence-electron chi connectivity index (χ4n) is 1.43. The molecule has 0 fully saturated rings. The second kappa shape index (κ2) is 8.72. The van der Waals surface area contributed by atoms with Gasteiger partial charge in [0.15, 0.2) is 0 Å². The van der Waals surface area contributed by atoms with E-state index >= 15 is 0 Å². The molecule has 0 radical (unpaired) electrons. The molecule has 0 aliphatic heterocycles. The summed E-state index contributed by atoms with van der Waals surface area (Å²) in [6.45, 7) is 11.3. The third kappa shape index (κ3) is 4.89.